The molecule has 0 saturated carbocycles. The smallest absolute Gasteiger partial charge is 0.137 e. The van der Waals surface area contributed by atoms with Gasteiger partial charge in [0.2, 0.25) is 0 Å². The van der Waals surface area contributed by atoms with Gasteiger partial charge in [-0.2, -0.15) is 10.4 Å². The number of nitriles is 1. The van der Waals surface area contributed by atoms with E-state index in [1.54, 1.807) is 0 Å². The van der Waals surface area contributed by atoms with Crippen LogP contribution in [0.5, 0.6) is 0 Å². The number of anilines is 1. The molecule has 0 N–H and O–H groups in total. The Balaban J connectivity index is 1.54. The first kappa shape index (κ1) is 21.7. The van der Waals surface area contributed by atoms with Gasteiger partial charge >= 0.3 is 0 Å². The van der Waals surface area contributed by atoms with Gasteiger partial charge in [-0.25, -0.2) is 4.98 Å². The number of piperidine rings is 1. The van der Waals surface area contributed by atoms with E-state index in [-0.39, 0.29) is 6.10 Å². The second-order valence-corrected chi connectivity index (χ2v) is 9.29. The maximum atomic E-state index is 9.23. The summed E-state index contributed by atoms with van der Waals surface area (Å²) in [5.41, 5.74) is 4.79. The number of rotatable bonds is 4. The number of hydrogen-bond donors (Lipinski definition) is 0. The number of allylic oxidation sites excluding steroid dienone is 1. The quantitative estimate of drug-likeness (QED) is 0.512. The molecule has 0 bridgehead atoms. The molecule has 5 rings (SSSR count). The lowest BCUT2D eigenvalue weighted by atomic mass is 9.97. The zero-order chi connectivity index (χ0) is 22.6. The standard InChI is InChI=1S/C27H31N5O/c1-20-11-13-31(14-12-20)27-24(22-9-7-21(17-28)8-10-22)16-26-25(30-27)18-29-32(26)19-23-6-4-2-3-5-15-33-23/h2,4,7-10,16,18,20,23H,3,5-6,11-15,19H2,1H3/b4-2+/t23-/m1/s1. The fraction of sp³-hybridized carbons (Fsp3) is 0.444. The molecule has 4 heterocycles. The van der Waals surface area contributed by atoms with Crippen LogP contribution in [-0.2, 0) is 11.3 Å². The average molecular weight is 442 g/mol. The van der Waals surface area contributed by atoms with Crippen molar-refractivity contribution in [3.05, 3.63) is 54.2 Å². The third-order valence-electron chi connectivity index (χ3n) is 6.83. The first-order chi connectivity index (χ1) is 16.2. The van der Waals surface area contributed by atoms with Crippen molar-refractivity contribution in [2.45, 2.75) is 51.7 Å². The molecule has 2 aromatic heterocycles. The Morgan fingerprint density at radius 1 is 1.15 bits per heavy atom. The monoisotopic (exact) mass is 441 g/mol. The van der Waals surface area contributed by atoms with Crippen molar-refractivity contribution in [1.29, 1.82) is 5.26 Å². The summed E-state index contributed by atoms with van der Waals surface area (Å²) in [6, 6.07) is 12.3. The van der Waals surface area contributed by atoms with E-state index in [1.807, 2.05) is 35.1 Å². The van der Waals surface area contributed by atoms with Crippen molar-refractivity contribution in [3.8, 4) is 17.2 Å². The summed E-state index contributed by atoms with van der Waals surface area (Å²) < 4.78 is 8.14. The van der Waals surface area contributed by atoms with Crippen LogP contribution in [0.4, 0.5) is 5.82 Å². The summed E-state index contributed by atoms with van der Waals surface area (Å²) in [6.07, 6.45) is 11.9. The average Bonchev–Trinajstić information content (AvgIpc) is 3.22. The zero-order valence-electron chi connectivity index (χ0n) is 19.3. The van der Waals surface area contributed by atoms with Gasteiger partial charge in [0, 0.05) is 25.3 Å². The van der Waals surface area contributed by atoms with Crippen LogP contribution in [0.1, 0.15) is 44.6 Å². The fourth-order valence-electron chi connectivity index (χ4n) is 4.74. The molecular formula is C27H31N5O. The number of nitrogens with zero attached hydrogens (tertiary/aromatic N) is 5. The maximum absolute atomic E-state index is 9.23. The zero-order valence-corrected chi connectivity index (χ0v) is 19.3. The van der Waals surface area contributed by atoms with Gasteiger partial charge in [0.25, 0.3) is 0 Å². The number of benzene rings is 1. The Morgan fingerprint density at radius 3 is 2.76 bits per heavy atom. The first-order valence-corrected chi connectivity index (χ1v) is 12.1. The van der Waals surface area contributed by atoms with E-state index in [1.165, 1.54) is 12.8 Å². The molecule has 2 aliphatic rings. The summed E-state index contributed by atoms with van der Waals surface area (Å²) in [5.74, 6) is 1.77. The van der Waals surface area contributed by atoms with Crippen molar-refractivity contribution >= 4 is 16.9 Å². The Kier molecular flexibility index (Phi) is 6.41. The van der Waals surface area contributed by atoms with E-state index in [4.69, 9.17) is 14.8 Å². The van der Waals surface area contributed by atoms with Crippen molar-refractivity contribution < 1.29 is 4.74 Å². The van der Waals surface area contributed by atoms with Crippen LogP contribution in [0.25, 0.3) is 22.2 Å². The highest BCUT2D eigenvalue weighted by Gasteiger charge is 2.22. The Morgan fingerprint density at radius 2 is 1.97 bits per heavy atom. The lowest BCUT2D eigenvalue weighted by Crippen LogP contribution is -2.33. The third-order valence-corrected chi connectivity index (χ3v) is 6.83. The molecule has 0 amide bonds. The van der Waals surface area contributed by atoms with E-state index in [0.717, 1.165) is 72.9 Å². The lowest BCUT2D eigenvalue weighted by molar-refractivity contribution is 0.0390. The van der Waals surface area contributed by atoms with Crippen molar-refractivity contribution in [1.82, 2.24) is 14.8 Å². The highest BCUT2D eigenvalue weighted by molar-refractivity contribution is 5.88. The van der Waals surface area contributed by atoms with E-state index in [2.05, 4.69) is 36.1 Å². The van der Waals surface area contributed by atoms with Gasteiger partial charge < -0.3 is 9.64 Å². The predicted molar refractivity (Wildman–Crippen MR) is 131 cm³/mol. The molecule has 170 valence electrons. The SMILES string of the molecule is CC1CCN(c2nc3cnn(C[C@H]4C/C=C/CCCO4)c3cc2-c2ccc(C#N)cc2)CC1. The van der Waals surface area contributed by atoms with Crippen LogP contribution in [0.15, 0.2) is 48.7 Å². The van der Waals surface area contributed by atoms with E-state index >= 15 is 0 Å². The number of aromatic nitrogens is 3. The Bertz CT molecular complexity index is 1170. The second-order valence-electron chi connectivity index (χ2n) is 9.29. The molecule has 1 aromatic carbocycles. The van der Waals surface area contributed by atoms with Gasteiger partial charge in [-0.15, -0.1) is 0 Å². The summed E-state index contributed by atoms with van der Waals surface area (Å²) in [5, 5.41) is 13.9. The van der Waals surface area contributed by atoms with Crippen LogP contribution in [0, 0.1) is 17.2 Å². The highest BCUT2D eigenvalue weighted by Crippen LogP contribution is 2.35. The molecule has 2 aliphatic heterocycles. The van der Waals surface area contributed by atoms with Crippen LogP contribution in [0.2, 0.25) is 0 Å². The summed E-state index contributed by atoms with van der Waals surface area (Å²) in [6.45, 7) is 5.86. The van der Waals surface area contributed by atoms with E-state index in [0.29, 0.717) is 12.1 Å². The van der Waals surface area contributed by atoms with Gasteiger partial charge in [0.05, 0.1) is 36.0 Å². The molecule has 0 unspecified atom stereocenters. The largest absolute Gasteiger partial charge is 0.376 e. The molecule has 0 radical (unpaired) electrons. The fourth-order valence-corrected chi connectivity index (χ4v) is 4.74. The van der Waals surface area contributed by atoms with Crippen molar-refractivity contribution in [2.24, 2.45) is 5.92 Å². The van der Waals surface area contributed by atoms with E-state index in [9.17, 15) is 5.26 Å². The van der Waals surface area contributed by atoms with Crippen LogP contribution < -0.4 is 4.90 Å². The minimum absolute atomic E-state index is 0.117. The third kappa shape index (κ3) is 4.79. The summed E-state index contributed by atoms with van der Waals surface area (Å²) in [7, 11) is 0. The molecule has 6 heteroatoms. The van der Waals surface area contributed by atoms with Gasteiger partial charge in [-0.3, -0.25) is 4.68 Å². The molecule has 33 heavy (non-hydrogen) atoms. The topological polar surface area (TPSA) is 67.0 Å². The lowest BCUT2D eigenvalue weighted by Gasteiger charge is -2.32. The van der Waals surface area contributed by atoms with Crippen molar-refractivity contribution in [2.75, 3.05) is 24.6 Å². The molecule has 1 fully saturated rings. The number of pyridine rings is 1. The van der Waals surface area contributed by atoms with Crippen LogP contribution in [-0.4, -0.2) is 40.6 Å². The second kappa shape index (κ2) is 9.76. The summed E-state index contributed by atoms with van der Waals surface area (Å²) >= 11 is 0. The van der Waals surface area contributed by atoms with Gasteiger partial charge in [0.15, 0.2) is 0 Å². The molecule has 6 nitrogen and oxygen atoms in total. The highest BCUT2D eigenvalue weighted by atomic mass is 16.5. The van der Waals surface area contributed by atoms with E-state index < -0.39 is 0 Å². The van der Waals surface area contributed by atoms with Crippen LogP contribution >= 0.6 is 0 Å². The minimum Gasteiger partial charge on any atom is -0.376 e. The molecule has 1 atom stereocenters. The maximum Gasteiger partial charge on any atom is 0.137 e. The molecule has 3 aromatic rings. The van der Waals surface area contributed by atoms with Gasteiger partial charge in [0.1, 0.15) is 11.3 Å². The Labute approximate surface area is 195 Å². The van der Waals surface area contributed by atoms with Crippen LogP contribution in [0.3, 0.4) is 0 Å². The number of ether oxygens (including phenoxy) is 1. The van der Waals surface area contributed by atoms with Crippen molar-refractivity contribution in [3.63, 3.8) is 0 Å². The normalized spacial score (nSPS) is 20.8. The Hall–Kier alpha value is -3.17. The molecule has 0 aliphatic carbocycles. The van der Waals surface area contributed by atoms with Gasteiger partial charge in [-0.1, -0.05) is 31.2 Å². The molecule has 0 spiro atoms. The first-order valence-electron chi connectivity index (χ1n) is 12.1. The summed E-state index contributed by atoms with van der Waals surface area (Å²) in [4.78, 5) is 7.52. The minimum atomic E-state index is 0.117. The number of hydrogen-bond acceptors (Lipinski definition) is 5. The number of fused-ring (bicyclic) bond motifs is 1. The van der Waals surface area contributed by atoms with Gasteiger partial charge in [-0.05, 0) is 61.8 Å². The molecule has 1 saturated heterocycles. The molecular weight excluding hydrogens is 410 g/mol. The predicted octanol–water partition coefficient (Wildman–Crippen LogP) is 5.33.